The molecule has 1 unspecified atom stereocenters. The van der Waals surface area contributed by atoms with Gasteiger partial charge in [-0.2, -0.15) is 0 Å². The topological polar surface area (TPSA) is 255 Å². The quantitative estimate of drug-likeness (QED) is 0.0294. The Bertz CT molecular complexity index is 1310. The van der Waals surface area contributed by atoms with Crippen LogP contribution in [0.2, 0.25) is 0 Å². The van der Waals surface area contributed by atoms with Crippen LogP contribution in [0.5, 0.6) is 0 Å². The normalized spacial score (nSPS) is 11.9. The summed E-state index contributed by atoms with van der Waals surface area (Å²) in [6.45, 7) is 5.73. The first-order chi connectivity index (χ1) is 25.3. The number of rotatable bonds is 29. The van der Waals surface area contributed by atoms with E-state index in [1.807, 2.05) is 0 Å². The summed E-state index contributed by atoms with van der Waals surface area (Å²) in [5.41, 5.74) is 5.27. The zero-order valence-electron chi connectivity index (χ0n) is 30.2. The average molecular weight is 768 g/mol. The number of benzene rings is 1. The molecule has 0 aliphatic carbocycles. The van der Waals surface area contributed by atoms with Crippen LogP contribution in [-0.2, 0) is 42.9 Å². The molecule has 1 rings (SSSR count). The Labute approximate surface area is 315 Å². The molecule has 0 aliphatic rings. The van der Waals surface area contributed by atoms with Crippen molar-refractivity contribution in [1.82, 2.24) is 26.6 Å². The number of hydrogen-bond donors (Lipinski definition) is 7. The number of anilines is 1. The third-order valence-electron chi connectivity index (χ3n) is 6.98. The lowest BCUT2D eigenvalue weighted by Gasteiger charge is -2.25. The van der Waals surface area contributed by atoms with Crippen molar-refractivity contribution in [3.63, 3.8) is 0 Å². The molecule has 0 saturated heterocycles. The Kier molecular flexibility index (Phi) is 24.9. The highest BCUT2D eigenvalue weighted by atomic mass is 35.5. The minimum atomic E-state index is -1.06. The second-order valence-electron chi connectivity index (χ2n) is 11.7. The van der Waals surface area contributed by atoms with Gasteiger partial charge in [0.05, 0.1) is 65.1 Å². The summed E-state index contributed by atoms with van der Waals surface area (Å²) in [4.78, 5) is 83.7. The highest BCUT2D eigenvalue weighted by Gasteiger charge is 2.28. The molecule has 2 radical (unpaired) electrons. The van der Waals surface area contributed by atoms with Crippen molar-refractivity contribution >= 4 is 66.4 Å². The number of alkyl halides is 1. The lowest BCUT2D eigenvalue weighted by atomic mass is 10.0. The molecule has 294 valence electrons. The van der Waals surface area contributed by atoms with Crippen molar-refractivity contribution in [3.8, 4) is 0 Å². The van der Waals surface area contributed by atoms with Crippen LogP contribution in [0, 0.1) is 5.92 Å². The predicted molar refractivity (Wildman–Crippen MR) is 195 cm³/mol. The summed E-state index contributed by atoms with van der Waals surface area (Å²) in [6.07, 6.45) is 0.394. The van der Waals surface area contributed by atoms with E-state index in [1.165, 1.54) is 0 Å². The van der Waals surface area contributed by atoms with Crippen LogP contribution in [-0.4, -0.2) is 140 Å². The molecule has 18 nitrogen and oxygen atoms in total. The monoisotopic (exact) mass is 767 g/mol. The highest BCUT2D eigenvalue weighted by Crippen LogP contribution is 2.10. The molecular formula is C33H51BClN7O11. The lowest BCUT2D eigenvalue weighted by Crippen LogP contribution is -2.55. The van der Waals surface area contributed by atoms with Gasteiger partial charge in [-0.15, -0.1) is 11.6 Å². The number of halogens is 1. The molecule has 8 N–H and O–H groups in total. The molecule has 0 heterocycles. The Hall–Kier alpha value is -4.30. The number of nitrogens with two attached hydrogens (primary N) is 1. The summed E-state index contributed by atoms with van der Waals surface area (Å²) in [7, 11) is 5.09. The number of carbonyl (C=O) groups is 7. The van der Waals surface area contributed by atoms with Gasteiger partial charge in [0.2, 0.25) is 23.6 Å². The molecule has 2 atom stereocenters. The molecule has 7 amide bonds. The van der Waals surface area contributed by atoms with E-state index in [9.17, 15) is 33.6 Å². The smallest absolute Gasteiger partial charge is 0.312 e. The SMILES string of the molecule is [B]C(=O)CNC(=O)[C@H](CCCNC(N)=O)NC(=O)C(NC(=O)CCOCCOCCOCCOCCNC(=O)c1ccc(NC(=O)CCl)cc1)C(C)C. The van der Waals surface area contributed by atoms with Crippen LogP contribution < -0.4 is 37.6 Å². The van der Waals surface area contributed by atoms with E-state index in [1.54, 1.807) is 38.1 Å². The highest BCUT2D eigenvalue weighted by molar-refractivity contribution is 6.58. The summed E-state index contributed by atoms with van der Waals surface area (Å²) >= 11 is 5.46. The van der Waals surface area contributed by atoms with Gasteiger partial charge in [-0.3, -0.25) is 24.0 Å². The second kappa shape index (κ2) is 28.2. The summed E-state index contributed by atoms with van der Waals surface area (Å²) < 4.78 is 21.8. The number of primary amides is 1. The van der Waals surface area contributed by atoms with Crippen LogP contribution in [0.15, 0.2) is 24.3 Å². The van der Waals surface area contributed by atoms with Crippen LogP contribution in [0.4, 0.5) is 10.5 Å². The van der Waals surface area contributed by atoms with E-state index in [2.05, 4.69) is 31.9 Å². The molecule has 0 bridgehead atoms. The van der Waals surface area contributed by atoms with Gasteiger partial charge < -0.3 is 61.4 Å². The number of nitrogens with one attached hydrogen (secondary N) is 6. The zero-order valence-corrected chi connectivity index (χ0v) is 30.9. The Morgan fingerprint density at radius 2 is 1.32 bits per heavy atom. The van der Waals surface area contributed by atoms with Gasteiger partial charge in [0.15, 0.2) is 7.85 Å². The van der Waals surface area contributed by atoms with Crippen LogP contribution in [0.1, 0.15) is 43.5 Å². The van der Waals surface area contributed by atoms with Crippen molar-refractivity contribution in [3.05, 3.63) is 29.8 Å². The van der Waals surface area contributed by atoms with Crippen molar-refractivity contribution < 1.29 is 52.5 Å². The fourth-order valence-electron chi connectivity index (χ4n) is 4.29. The summed E-state index contributed by atoms with van der Waals surface area (Å²) in [5.74, 6) is -2.76. The van der Waals surface area contributed by atoms with Crippen molar-refractivity contribution in [1.29, 1.82) is 0 Å². The number of ether oxygens (including phenoxy) is 4. The Balaban J connectivity index is 2.18. The molecule has 53 heavy (non-hydrogen) atoms. The van der Waals surface area contributed by atoms with Gasteiger partial charge in [-0.1, -0.05) is 13.8 Å². The first-order valence-corrected chi connectivity index (χ1v) is 17.6. The molecule has 0 spiro atoms. The zero-order chi connectivity index (χ0) is 39.4. The fourth-order valence-corrected chi connectivity index (χ4v) is 4.36. The van der Waals surface area contributed by atoms with Crippen molar-refractivity contribution in [2.24, 2.45) is 11.7 Å². The minimum absolute atomic E-state index is 0.0198. The molecule has 1 aromatic carbocycles. The predicted octanol–water partition coefficient (Wildman–Crippen LogP) is -1.06. The Morgan fingerprint density at radius 1 is 0.736 bits per heavy atom. The van der Waals surface area contributed by atoms with Gasteiger partial charge >= 0.3 is 6.03 Å². The standard InChI is InChI=1S/C33H51BClN7O11/c1-22(2)29(32(48)41-25(4-3-10-38-33(36)49)31(47)39-21-26(34)43)42-27(44)9-12-50-14-16-52-18-19-53-17-15-51-13-11-37-30(46)23-5-7-24(8-6-23)40-28(45)20-35/h5-8,22,25,29H,3-4,9-21H2,1-2H3,(H,37,46)(H,39,47)(H,40,45)(H,41,48)(H,42,44)(H3,36,38,49)/t25-,29?/m0/s1. The molecular weight excluding hydrogens is 717 g/mol. The molecule has 0 aliphatic heterocycles. The molecule has 0 aromatic heterocycles. The lowest BCUT2D eigenvalue weighted by molar-refractivity contribution is -0.133. The number of hydrogen-bond acceptors (Lipinski definition) is 11. The molecule has 1 aromatic rings. The van der Waals surface area contributed by atoms with Gasteiger partial charge in [0.1, 0.15) is 18.0 Å². The third kappa shape index (κ3) is 23.1. The van der Waals surface area contributed by atoms with E-state index in [0.29, 0.717) is 57.3 Å². The van der Waals surface area contributed by atoms with E-state index in [0.717, 1.165) is 0 Å². The minimum Gasteiger partial charge on any atom is -0.379 e. The van der Waals surface area contributed by atoms with Crippen LogP contribution >= 0.6 is 11.6 Å². The van der Waals surface area contributed by atoms with Gasteiger partial charge in [0.25, 0.3) is 5.91 Å². The van der Waals surface area contributed by atoms with Gasteiger partial charge in [-0.05, 0) is 43.0 Å². The van der Waals surface area contributed by atoms with Gasteiger partial charge in [-0.25, -0.2) is 4.79 Å². The van der Waals surface area contributed by atoms with Crippen molar-refractivity contribution in [2.75, 3.05) is 83.7 Å². The number of carbonyl (C=O) groups excluding carboxylic acids is 7. The molecule has 0 fully saturated rings. The number of amides is 7. The van der Waals surface area contributed by atoms with Gasteiger partial charge in [0, 0.05) is 30.8 Å². The molecule has 20 heteroatoms. The first-order valence-electron chi connectivity index (χ1n) is 17.1. The fraction of sp³-hybridized carbons (Fsp3) is 0.606. The van der Waals surface area contributed by atoms with Crippen LogP contribution in [0.3, 0.4) is 0 Å². The van der Waals surface area contributed by atoms with E-state index >= 15 is 0 Å². The molecule has 0 saturated carbocycles. The maximum Gasteiger partial charge on any atom is 0.312 e. The third-order valence-corrected chi connectivity index (χ3v) is 7.22. The van der Waals surface area contributed by atoms with E-state index in [-0.39, 0.29) is 62.8 Å². The largest absolute Gasteiger partial charge is 0.379 e. The van der Waals surface area contributed by atoms with Crippen molar-refractivity contribution in [2.45, 2.75) is 45.2 Å². The summed E-state index contributed by atoms with van der Waals surface area (Å²) in [5, 5.41) is 15.3. The number of urea groups is 1. The first kappa shape index (κ1) is 46.7. The van der Waals surface area contributed by atoms with E-state index in [4.69, 9.17) is 44.1 Å². The van der Waals surface area contributed by atoms with Crippen LogP contribution in [0.25, 0.3) is 0 Å². The second-order valence-corrected chi connectivity index (χ2v) is 11.9. The Morgan fingerprint density at radius 3 is 1.87 bits per heavy atom. The average Bonchev–Trinajstić information content (AvgIpc) is 3.12. The van der Waals surface area contributed by atoms with E-state index < -0.39 is 48.1 Å². The summed E-state index contributed by atoms with van der Waals surface area (Å²) in [6, 6.07) is 3.66. The maximum absolute atomic E-state index is 13.0. The maximum atomic E-state index is 13.0.